The third-order valence-electron chi connectivity index (χ3n) is 1.36. The fraction of sp³-hybridized carbons (Fsp3) is 0.111. The molecule has 14 heavy (non-hydrogen) atoms. The summed E-state index contributed by atoms with van der Waals surface area (Å²) in [5, 5.41) is 0.385. The normalized spacial score (nSPS) is 9.64. The summed E-state index contributed by atoms with van der Waals surface area (Å²) in [5.41, 5.74) is 0.0256. The molecule has 5 heteroatoms. The van der Waals surface area contributed by atoms with Gasteiger partial charge < -0.3 is 4.74 Å². The molecule has 0 aromatic heterocycles. The van der Waals surface area contributed by atoms with Gasteiger partial charge >= 0.3 is 5.97 Å². The summed E-state index contributed by atoms with van der Waals surface area (Å²) in [7, 11) is 0. The van der Waals surface area contributed by atoms with Gasteiger partial charge in [-0.1, -0.05) is 23.2 Å². The van der Waals surface area contributed by atoms with Gasteiger partial charge in [0.05, 0.1) is 10.6 Å². The average molecular weight is 232 g/mol. The molecule has 0 aliphatic heterocycles. The van der Waals surface area contributed by atoms with Crippen molar-refractivity contribution in [3.8, 4) is 5.75 Å². The Balaban J connectivity index is 3.24. The Morgan fingerprint density at radius 2 is 2.07 bits per heavy atom. The zero-order chi connectivity index (χ0) is 10.7. The quantitative estimate of drug-likeness (QED) is 0.580. The Morgan fingerprint density at radius 3 is 2.57 bits per heavy atom. The van der Waals surface area contributed by atoms with E-state index in [4.69, 9.17) is 27.9 Å². The summed E-state index contributed by atoms with van der Waals surface area (Å²) in [6, 6.07) is 2.70. The molecule has 1 radical (unpaired) electrons. The third kappa shape index (κ3) is 2.47. The number of benzene rings is 1. The highest BCUT2D eigenvalue weighted by molar-refractivity contribution is 6.36. The average Bonchev–Trinajstić information content (AvgIpc) is 2.08. The fourth-order valence-electron chi connectivity index (χ4n) is 0.884. The number of carbonyl (C=O) groups excluding carboxylic acids is 2. The zero-order valence-corrected chi connectivity index (χ0v) is 8.65. The first kappa shape index (κ1) is 11.0. The molecule has 0 fully saturated rings. The Bertz CT molecular complexity index is 388. The number of rotatable bonds is 2. The lowest BCUT2D eigenvalue weighted by molar-refractivity contribution is -0.131. The van der Waals surface area contributed by atoms with Crippen LogP contribution in [0.2, 0.25) is 10.0 Å². The van der Waals surface area contributed by atoms with Gasteiger partial charge in [0.2, 0.25) is 6.29 Å². The molecule has 0 saturated carbocycles. The Hall–Kier alpha value is -1.06. The van der Waals surface area contributed by atoms with Crippen LogP contribution in [-0.4, -0.2) is 12.3 Å². The van der Waals surface area contributed by atoms with Crippen LogP contribution in [0.4, 0.5) is 0 Å². The van der Waals surface area contributed by atoms with E-state index in [2.05, 4.69) is 0 Å². The van der Waals surface area contributed by atoms with Crippen LogP contribution in [-0.2, 0) is 9.59 Å². The standard InChI is InChI=1S/C9H5Cl2O3/c1-5(13)14-9-6(4-12)2-7(10)3-8(9)11/h2-3H,1H3. The maximum atomic E-state index is 10.7. The number of hydrogen-bond acceptors (Lipinski definition) is 3. The van der Waals surface area contributed by atoms with E-state index in [9.17, 15) is 9.59 Å². The lowest BCUT2D eigenvalue weighted by Gasteiger charge is -2.06. The Kier molecular flexibility index (Phi) is 3.49. The molecule has 0 heterocycles. The molecule has 0 atom stereocenters. The van der Waals surface area contributed by atoms with Crippen molar-refractivity contribution in [1.82, 2.24) is 0 Å². The molecule has 0 bridgehead atoms. The van der Waals surface area contributed by atoms with Gasteiger partial charge in [-0.15, -0.1) is 0 Å². The van der Waals surface area contributed by atoms with Crippen LogP contribution in [0.3, 0.4) is 0 Å². The highest BCUT2D eigenvalue weighted by Gasteiger charge is 2.12. The second-order valence-electron chi connectivity index (χ2n) is 2.46. The molecule has 0 aliphatic rings. The molecule has 0 saturated heterocycles. The summed E-state index contributed by atoms with van der Waals surface area (Å²) in [6.07, 6.45) is 1.59. The van der Waals surface area contributed by atoms with Crippen molar-refractivity contribution in [2.75, 3.05) is 0 Å². The lowest BCUT2D eigenvalue weighted by Crippen LogP contribution is -2.04. The van der Waals surface area contributed by atoms with Crippen LogP contribution in [0, 0.1) is 0 Å². The van der Waals surface area contributed by atoms with E-state index in [0.29, 0.717) is 0 Å². The van der Waals surface area contributed by atoms with Crippen molar-refractivity contribution < 1.29 is 14.3 Å². The van der Waals surface area contributed by atoms with Gasteiger partial charge in [0.25, 0.3) is 0 Å². The molecule has 3 nitrogen and oxygen atoms in total. The minimum absolute atomic E-state index is 0.0152. The van der Waals surface area contributed by atoms with Crippen LogP contribution in [0.15, 0.2) is 12.1 Å². The van der Waals surface area contributed by atoms with Gasteiger partial charge in [-0.05, 0) is 12.1 Å². The zero-order valence-electron chi connectivity index (χ0n) is 7.14. The molecule has 0 unspecified atom stereocenters. The molecular weight excluding hydrogens is 227 g/mol. The number of carbonyl (C=O) groups is 1. The lowest BCUT2D eigenvalue weighted by atomic mass is 10.2. The van der Waals surface area contributed by atoms with Crippen LogP contribution in [0.25, 0.3) is 0 Å². The van der Waals surface area contributed by atoms with E-state index in [1.165, 1.54) is 19.1 Å². The minimum atomic E-state index is -0.564. The third-order valence-corrected chi connectivity index (χ3v) is 1.86. The second kappa shape index (κ2) is 4.44. The number of ether oxygens (including phenoxy) is 1. The SMILES string of the molecule is CC(=O)Oc1c(Cl)cc(Cl)cc1[C]=O. The van der Waals surface area contributed by atoms with Crippen LogP contribution >= 0.6 is 23.2 Å². The smallest absolute Gasteiger partial charge is 0.308 e. The molecular formula is C9H5Cl2O3. The Labute approximate surface area is 90.6 Å². The summed E-state index contributed by atoms with van der Waals surface area (Å²) < 4.78 is 4.73. The number of halogens is 2. The number of hydrogen-bond donors (Lipinski definition) is 0. The van der Waals surface area contributed by atoms with Gasteiger partial charge in [0.1, 0.15) is 0 Å². The maximum absolute atomic E-state index is 10.7. The molecule has 73 valence electrons. The monoisotopic (exact) mass is 231 g/mol. The predicted molar refractivity (Wildman–Crippen MR) is 52.6 cm³/mol. The maximum Gasteiger partial charge on any atom is 0.308 e. The van der Waals surface area contributed by atoms with E-state index in [-0.39, 0.29) is 21.4 Å². The Morgan fingerprint density at radius 1 is 1.43 bits per heavy atom. The first-order valence-electron chi connectivity index (χ1n) is 3.60. The van der Waals surface area contributed by atoms with Crippen molar-refractivity contribution in [2.24, 2.45) is 0 Å². The predicted octanol–water partition coefficient (Wildman–Crippen LogP) is 2.38. The molecule has 1 aromatic carbocycles. The van der Waals surface area contributed by atoms with E-state index in [1.807, 2.05) is 0 Å². The molecule has 0 aliphatic carbocycles. The van der Waals surface area contributed by atoms with Crippen LogP contribution in [0.5, 0.6) is 5.75 Å². The number of esters is 1. The molecule has 1 aromatic rings. The fourth-order valence-corrected chi connectivity index (χ4v) is 1.42. The largest absolute Gasteiger partial charge is 0.424 e. The first-order valence-corrected chi connectivity index (χ1v) is 4.36. The molecule has 1 rings (SSSR count). The van der Waals surface area contributed by atoms with Gasteiger partial charge in [-0.3, -0.25) is 9.59 Å². The summed E-state index contributed by atoms with van der Waals surface area (Å²) in [4.78, 5) is 21.2. The summed E-state index contributed by atoms with van der Waals surface area (Å²) >= 11 is 11.4. The van der Waals surface area contributed by atoms with E-state index < -0.39 is 5.97 Å². The van der Waals surface area contributed by atoms with Crippen molar-refractivity contribution in [2.45, 2.75) is 6.92 Å². The van der Waals surface area contributed by atoms with E-state index in [0.717, 1.165) is 0 Å². The summed E-state index contributed by atoms with van der Waals surface area (Å²) in [6.45, 7) is 1.21. The second-order valence-corrected chi connectivity index (χ2v) is 3.30. The van der Waals surface area contributed by atoms with Gasteiger partial charge in [0, 0.05) is 11.9 Å². The minimum Gasteiger partial charge on any atom is -0.424 e. The van der Waals surface area contributed by atoms with Crippen LogP contribution in [0.1, 0.15) is 12.5 Å². The van der Waals surface area contributed by atoms with Crippen LogP contribution < -0.4 is 4.74 Å². The highest BCUT2D eigenvalue weighted by atomic mass is 35.5. The van der Waals surface area contributed by atoms with Gasteiger partial charge in [-0.2, -0.15) is 0 Å². The molecule has 0 N–H and O–H groups in total. The van der Waals surface area contributed by atoms with Gasteiger partial charge in [-0.25, -0.2) is 0 Å². The topological polar surface area (TPSA) is 43.4 Å². The van der Waals surface area contributed by atoms with E-state index >= 15 is 0 Å². The van der Waals surface area contributed by atoms with Crippen molar-refractivity contribution in [1.29, 1.82) is 0 Å². The summed E-state index contributed by atoms with van der Waals surface area (Å²) in [5.74, 6) is -0.579. The first-order chi connectivity index (χ1) is 6.54. The molecule has 0 amide bonds. The highest BCUT2D eigenvalue weighted by Crippen LogP contribution is 2.31. The van der Waals surface area contributed by atoms with Crippen molar-refractivity contribution in [3.05, 3.63) is 27.7 Å². The van der Waals surface area contributed by atoms with Crippen molar-refractivity contribution >= 4 is 35.5 Å². The van der Waals surface area contributed by atoms with Gasteiger partial charge in [0.15, 0.2) is 5.75 Å². The molecule has 0 spiro atoms. The van der Waals surface area contributed by atoms with E-state index in [1.54, 1.807) is 6.29 Å². The van der Waals surface area contributed by atoms with Crippen molar-refractivity contribution in [3.63, 3.8) is 0 Å².